The third kappa shape index (κ3) is 3.83. The largest absolute Gasteiger partial charge is 0.334 e. The summed E-state index contributed by atoms with van der Waals surface area (Å²) in [6, 6.07) is 15.5. The summed E-state index contributed by atoms with van der Waals surface area (Å²) in [5.41, 5.74) is 4.24. The number of aryl methyl sites for hydroxylation is 2. The van der Waals surface area contributed by atoms with E-state index < -0.39 is 0 Å². The number of benzene rings is 2. The van der Waals surface area contributed by atoms with Crippen molar-refractivity contribution >= 4 is 44.9 Å². The molecule has 6 nitrogen and oxygen atoms in total. The molecular weight excluding hydrogens is 416 g/mol. The molecule has 0 radical (unpaired) electrons. The van der Waals surface area contributed by atoms with Gasteiger partial charge in [-0.1, -0.05) is 60.3 Å². The molecule has 30 heavy (non-hydrogen) atoms. The molecule has 0 aliphatic rings. The fourth-order valence-corrected chi connectivity index (χ4v) is 4.94. The van der Waals surface area contributed by atoms with Crippen molar-refractivity contribution in [2.45, 2.75) is 19.0 Å². The molecular formula is C22H20N4O2S2. The maximum atomic E-state index is 12.9. The zero-order valence-corrected chi connectivity index (χ0v) is 18.1. The van der Waals surface area contributed by atoms with Gasteiger partial charge in [-0.15, -0.1) is 11.3 Å². The van der Waals surface area contributed by atoms with Crippen LogP contribution in [0.3, 0.4) is 0 Å². The molecule has 0 fully saturated rings. The van der Waals surface area contributed by atoms with E-state index in [4.69, 9.17) is 5.84 Å². The lowest BCUT2D eigenvalue weighted by atomic mass is 10.1. The molecule has 152 valence electrons. The van der Waals surface area contributed by atoms with E-state index >= 15 is 0 Å². The molecule has 2 aromatic carbocycles. The molecule has 4 rings (SSSR count). The monoisotopic (exact) mass is 436 g/mol. The SMILES string of the molecule is Cc1cccc(C)c1NC(=O)CSc1nc2scc(-c3ccccc3)c2c(=O)n1N. The zero-order valence-electron chi connectivity index (χ0n) is 16.5. The summed E-state index contributed by atoms with van der Waals surface area (Å²) < 4.78 is 1.03. The topological polar surface area (TPSA) is 90.0 Å². The van der Waals surface area contributed by atoms with Crippen molar-refractivity contribution in [2.75, 3.05) is 16.9 Å². The molecule has 0 aliphatic carbocycles. The first-order chi connectivity index (χ1) is 14.5. The quantitative estimate of drug-likeness (QED) is 0.278. The van der Waals surface area contributed by atoms with Crippen LogP contribution in [-0.2, 0) is 4.79 Å². The van der Waals surface area contributed by atoms with Crippen LogP contribution in [-0.4, -0.2) is 21.3 Å². The Hall–Kier alpha value is -3.10. The van der Waals surface area contributed by atoms with Gasteiger partial charge in [0.2, 0.25) is 5.91 Å². The van der Waals surface area contributed by atoms with Crippen LogP contribution < -0.4 is 16.7 Å². The highest BCUT2D eigenvalue weighted by Gasteiger charge is 2.17. The van der Waals surface area contributed by atoms with Gasteiger partial charge >= 0.3 is 0 Å². The number of carbonyl (C=O) groups excluding carboxylic acids is 1. The summed E-state index contributed by atoms with van der Waals surface area (Å²) in [5.74, 6) is 5.95. The van der Waals surface area contributed by atoms with Crippen LogP contribution in [0.1, 0.15) is 11.1 Å². The highest BCUT2D eigenvalue weighted by Crippen LogP contribution is 2.31. The molecule has 0 aliphatic heterocycles. The Balaban J connectivity index is 1.58. The van der Waals surface area contributed by atoms with Crippen LogP contribution in [0.2, 0.25) is 0 Å². The summed E-state index contributed by atoms with van der Waals surface area (Å²) in [7, 11) is 0. The Morgan fingerprint density at radius 3 is 2.53 bits per heavy atom. The summed E-state index contributed by atoms with van der Waals surface area (Å²) in [6.07, 6.45) is 0. The number of fused-ring (bicyclic) bond motifs is 1. The molecule has 3 N–H and O–H groups in total. The van der Waals surface area contributed by atoms with E-state index in [0.29, 0.717) is 15.4 Å². The Morgan fingerprint density at radius 1 is 1.13 bits per heavy atom. The van der Waals surface area contributed by atoms with Crippen molar-refractivity contribution in [1.82, 2.24) is 9.66 Å². The van der Waals surface area contributed by atoms with E-state index in [1.54, 1.807) is 0 Å². The lowest BCUT2D eigenvalue weighted by Gasteiger charge is -2.12. The molecule has 2 heterocycles. The van der Waals surface area contributed by atoms with Crippen molar-refractivity contribution in [3.63, 3.8) is 0 Å². The first kappa shape index (κ1) is 20.2. The minimum Gasteiger partial charge on any atom is -0.334 e. The molecule has 2 aromatic heterocycles. The van der Waals surface area contributed by atoms with Crippen LogP contribution in [0.5, 0.6) is 0 Å². The summed E-state index contributed by atoms with van der Waals surface area (Å²) >= 11 is 2.53. The van der Waals surface area contributed by atoms with Crippen LogP contribution in [0, 0.1) is 13.8 Å². The van der Waals surface area contributed by atoms with Gasteiger partial charge < -0.3 is 11.2 Å². The number of aromatic nitrogens is 2. The van der Waals surface area contributed by atoms with Gasteiger partial charge in [-0.05, 0) is 30.5 Å². The van der Waals surface area contributed by atoms with Crippen molar-refractivity contribution in [3.05, 3.63) is 75.4 Å². The minimum absolute atomic E-state index is 0.0971. The number of carbonyl (C=O) groups is 1. The summed E-state index contributed by atoms with van der Waals surface area (Å²) in [6.45, 7) is 3.90. The third-order valence-corrected chi connectivity index (χ3v) is 6.60. The number of hydrogen-bond acceptors (Lipinski definition) is 6. The molecule has 0 atom stereocenters. The molecule has 8 heteroatoms. The second-order valence-electron chi connectivity index (χ2n) is 6.87. The number of hydrogen-bond donors (Lipinski definition) is 2. The maximum absolute atomic E-state index is 12.9. The predicted molar refractivity (Wildman–Crippen MR) is 125 cm³/mol. The Kier molecular flexibility index (Phi) is 5.61. The molecule has 1 amide bonds. The summed E-state index contributed by atoms with van der Waals surface area (Å²) in [4.78, 5) is 30.5. The average molecular weight is 437 g/mol. The van der Waals surface area contributed by atoms with Gasteiger partial charge in [0.1, 0.15) is 4.83 Å². The van der Waals surface area contributed by atoms with E-state index in [9.17, 15) is 9.59 Å². The predicted octanol–water partition coefficient (Wildman–Crippen LogP) is 4.19. The Labute approximate surface area is 181 Å². The number of rotatable bonds is 5. The van der Waals surface area contributed by atoms with Gasteiger partial charge in [-0.25, -0.2) is 9.66 Å². The van der Waals surface area contributed by atoms with E-state index in [1.165, 1.54) is 11.3 Å². The van der Waals surface area contributed by atoms with Gasteiger partial charge in [0, 0.05) is 16.6 Å². The van der Waals surface area contributed by atoms with Gasteiger partial charge in [0.15, 0.2) is 5.16 Å². The summed E-state index contributed by atoms with van der Waals surface area (Å²) in [5, 5.41) is 5.65. The number of thioether (sulfide) groups is 1. The number of anilines is 1. The maximum Gasteiger partial charge on any atom is 0.282 e. The number of nitrogen functional groups attached to an aromatic ring is 1. The number of nitrogens with zero attached hydrogens (tertiary/aromatic N) is 2. The molecule has 0 saturated heterocycles. The van der Waals surface area contributed by atoms with Crippen LogP contribution in [0.25, 0.3) is 21.3 Å². The molecule has 0 saturated carbocycles. The van der Waals surface area contributed by atoms with E-state index in [0.717, 1.165) is 44.4 Å². The lowest BCUT2D eigenvalue weighted by molar-refractivity contribution is -0.113. The Bertz CT molecular complexity index is 1280. The van der Waals surface area contributed by atoms with Gasteiger partial charge in [-0.3, -0.25) is 9.59 Å². The molecule has 0 spiro atoms. The average Bonchev–Trinajstić information content (AvgIpc) is 3.17. The second kappa shape index (κ2) is 8.33. The van der Waals surface area contributed by atoms with E-state index in [1.807, 2.05) is 67.8 Å². The van der Waals surface area contributed by atoms with Crippen molar-refractivity contribution in [2.24, 2.45) is 0 Å². The molecule has 0 bridgehead atoms. The van der Waals surface area contributed by atoms with E-state index in [-0.39, 0.29) is 17.2 Å². The number of amides is 1. The fraction of sp³-hybridized carbons (Fsp3) is 0.136. The van der Waals surface area contributed by atoms with Crippen molar-refractivity contribution in [1.29, 1.82) is 0 Å². The number of nitrogens with one attached hydrogen (secondary N) is 1. The van der Waals surface area contributed by atoms with Crippen LogP contribution in [0.15, 0.2) is 63.9 Å². The molecule has 0 unspecified atom stereocenters. The third-order valence-electron chi connectivity index (χ3n) is 4.77. The highest BCUT2D eigenvalue weighted by molar-refractivity contribution is 7.99. The van der Waals surface area contributed by atoms with Crippen LogP contribution in [0.4, 0.5) is 5.69 Å². The molecule has 4 aromatic rings. The van der Waals surface area contributed by atoms with Crippen LogP contribution >= 0.6 is 23.1 Å². The van der Waals surface area contributed by atoms with Crippen molar-refractivity contribution in [3.8, 4) is 11.1 Å². The van der Waals surface area contributed by atoms with Gasteiger partial charge in [-0.2, -0.15) is 0 Å². The number of para-hydroxylation sites is 1. The Morgan fingerprint density at radius 2 is 1.83 bits per heavy atom. The lowest BCUT2D eigenvalue weighted by Crippen LogP contribution is -2.30. The van der Waals surface area contributed by atoms with Gasteiger partial charge in [0.25, 0.3) is 5.56 Å². The normalized spacial score (nSPS) is 11.0. The van der Waals surface area contributed by atoms with Crippen molar-refractivity contribution < 1.29 is 4.79 Å². The highest BCUT2D eigenvalue weighted by atomic mass is 32.2. The zero-order chi connectivity index (χ0) is 21.3. The first-order valence-corrected chi connectivity index (χ1v) is 11.2. The number of nitrogens with two attached hydrogens (primary N) is 1. The minimum atomic E-state index is -0.322. The van der Waals surface area contributed by atoms with Gasteiger partial charge in [0.05, 0.1) is 11.1 Å². The smallest absolute Gasteiger partial charge is 0.282 e. The standard InChI is InChI=1S/C22H20N4O2S2/c1-13-7-6-8-14(2)19(13)24-17(27)12-30-22-25-20-18(21(28)26(22)23)16(11-29-20)15-9-4-3-5-10-15/h3-11H,12,23H2,1-2H3,(H,24,27). The second-order valence-corrected chi connectivity index (χ2v) is 8.67. The van der Waals surface area contributed by atoms with E-state index in [2.05, 4.69) is 10.3 Å². The number of thiophene rings is 1. The first-order valence-electron chi connectivity index (χ1n) is 9.29. The fourth-order valence-electron chi connectivity index (χ4n) is 3.23.